The fourth-order valence-corrected chi connectivity index (χ4v) is 1.22. The van der Waals surface area contributed by atoms with E-state index < -0.39 is 4.92 Å². The van der Waals surface area contributed by atoms with E-state index in [9.17, 15) is 10.1 Å². The summed E-state index contributed by atoms with van der Waals surface area (Å²) in [5.74, 6) is 0.274. The molecule has 0 spiro atoms. The highest BCUT2D eigenvalue weighted by molar-refractivity contribution is 6.32. The molecular formula is C9H10ClNO2. The number of nitro groups is 1. The van der Waals surface area contributed by atoms with Crippen molar-refractivity contribution in [3.63, 3.8) is 0 Å². The molecule has 0 bridgehead atoms. The molecule has 0 aliphatic carbocycles. The Labute approximate surface area is 81.5 Å². The largest absolute Gasteiger partial charge is 0.288 e. The summed E-state index contributed by atoms with van der Waals surface area (Å²) in [6.45, 7) is 3.96. The van der Waals surface area contributed by atoms with Gasteiger partial charge < -0.3 is 0 Å². The molecule has 70 valence electrons. The lowest BCUT2D eigenvalue weighted by Gasteiger charge is -2.04. The second-order valence-electron chi connectivity index (χ2n) is 3.12. The van der Waals surface area contributed by atoms with Crippen LogP contribution in [0, 0.1) is 10.1 Å². The number of hydrogen-bond donors (Lipinski definition) is 0. The minimum Gasteiger partial charge on any atom is -0.258 e. The van der Waals surface area contributed by atoms with Gasteiger partial charge in [-0.15, -0.1) is 0 Å². The van der Waals surface area contributed by atoms with Crippen molar-refractivity contribution in [2.75, 3.05) is 0 Å². The smallest absolute Gasteiger partial charge is 0.258 e. The molecule has 1 aromatic rings. The Bertz CT molecular complexity index is 336. The zero-order valence-electron chi connectivity index (χ0n) is 7.45. The van der Waals surface area contributed by atoms with Gasteiger partial charge in [0.15, 0.2) is 0 Å². The van der Waals surface area contributed by atoms with Crippen LogP contribution >= 0.6 is 11.6 Å². The van der Waals surface area contributed by atoms with E-state index in [0.717, 1.165) is 5.56 Å². The highest BCUT2D eigenvalue weighted by Crippen LogP contribution is 2.27. The highest BCUT2D eigenvalue weighted by Gasteiger charge is 2.13. The second-order valence-corrected chi connectivity index (χ2v) is 3.53. The average molecular weight is 200 g/mol. The molecule has 1 rings (SSSR count). The lowest BCUT2D eigenvalue weighted by molar-refractivity contribution is -0.384. The van der Waals surface area contributed by atoms with Crippen LogP contribution in [0.1, 0.15) is 25.3 Å². The standard InChI is InChI=1S/C9H10ClNO2/c1-6(2)7-3-4-8(10)9(5-7)11(12)13/h3-6H,1-2H3. The number of hydrogen-bond acceptors (Lipinski definition) is 2. The first kappa shape index (κ1) is 9.99. The topological polar surface area (TPSA) is 43.1 Å². The Hall–Kier alpha value is -1.09. The van der Waals surface area contributed by atoms with E-state index in [4.69, 9.17) is 11.6 Å². The molecule has 3 nitrogen and oxygen atoms in total. The molecule has 0 aromatic heterocycles. The normalized spacial score (nSPS) is 10.5. The SMILES string of the molecule is CC(C)c1ccc(Cl)c([N+](=O)[O-])c1. The van der Waals surface area contributed by atoms with E-state index in [0.29, 0.717) is 0 Å². The summed E-state index contributed by atoms with van der Waals surface area (Å²) < 4.78 is 0. The molecule has 0 aliphatic rings. The van der Waals surface area contributed by atoms with E-state index in [-0.39, 0.29) is 16.6 Å². The number of halogens is 1. The summed E-state index contributed by atoms with van der Waals surface area (Å²) in [6, 6.07) is 4.89. The third-order valence-corrected chi connectivity index (χ3v) is 2.15. The summed E-state index contributed by atoms with van der Waals surface area (Å²) in [5, 5.41) is 10.7. The van der Waals surface area contributed by atoms with Gasteiger partial charge in [-0.2, -0.15) is 0 Å². The highest BCUT2D eigenvalue weighted by atomic mass is 35.5. The Balaban J connectivity index is 3.19. The third-order valence-electron chi connectivity index (χ3n) is 1.83. The number of nitrogens with zero attached hydrogens (tertiary/aromatic N) is 1. The summed E-state index contributed by atoms with van der Waals surface area (Å²) in [7, 11) is 0. The fraction of sp³-hybridized carbons (Fsp3) is 0.333. The van der Waals surface area contributed by atoms with Crippen LogP contribution in [0.3, 0.4) is 0 Å². The van der Waals surface area contributed by atoms with Crippen molar-refractivity contribution in [3.05, 3.63) is 38.9 Å². The zero-order chi connectivity index (χ0) is 10.0. The summed E-state index contributed by atoms with van der Waals surface area (Å²) >= 11 is 5.65. The van der Waals surface area contributed by atoms with Crippen LogP contribution in [-0.2, 0) is 0 Å². The van der Waals surface area contributed by atoms with Gasteiger partial charge in [0.05, 0.1) is 4.92 Å². The zero-order valence-corrected chi connectivity index (χ0v) is 8.21. The molecule has 4 heteroatoms. The minimum absolute atomic E-state index is 0.0205. The first-order valence-electron chi connectivity index (χ1n) is 3.96. The second kappa shape index (κ2) is 3.75. The molecule has 13 heavy (non-hydrogen) atoms. The Morgan fingerprint density at radius 2 is 2.08 bits per heavy atom. The first-order valence-corrected chi connectivity index (χ1v) is 4.34. The van der Waals surface area contributed by atoms with Crippen LogP contribution in [0.2, 0.25) is 5.02 Å². The molecule has 0 saturated carbocycles. The molecule has 0 aliphatic heterocycles. The Morgan fingerprint density at radius 3 is 2.54 bits per heavy atom. The molecule has 0 unspecified atom stereocenters. The van der Waals surface area contributed by atoms with E-state index in [1.807, 2.05) is 13.8 Å². The summed E-state index contributed by atoms with van der Waals surface area (Å²) in [5.41, 5.74) is 0.906. The number of rotatable bonds is 2. The maximum absolute atomic E-state index is 10.5. The number of nitro benzene ring substituents is 1. The predicted molar refractivity (Wildman–Crippen MR) is 52.2 cm³/mol. The molecule has 0 heterocycles. The summed E-state index contributed by atoms with van der Waals surface area (Å²) in [4.78, 5) is 10.1. The van der Waals surface area contributed by atoms with Crippen molar-refractivity contribution in [2.24, 2.45) is 0 Å². The molecule has 0 atom stereocenters. The van der Waals surface area contributed by atoms with Crippen LogP contribution in [0.15, 0.2) is 18.2 Å². The van der Waals surface area contributed by atoms with Gasteiger partial charge in [0, 0.05) is 6.07 Å². The predicted octanol–water partition coefficient (Wildman–Crippen LogP) is 3.37. The third kappa shape index (κ3) is 2.18. The van der Waals surface area contributed by atoms with Gasteiger partial charge in [0.2, 0.25) is 0 Å². The van der Waals surface area contributed by atoms with Gasteiger partial charge in [-0.1, -0.05) is 31.5 Å². The van der Waals surface area contributed by atoms with Gasteiger partial charge in [-0.25, -0.2) is 0 Å². The molecule has 0 saturated heterocycles. The van der Waals surface area contributed by atoms with E-state index in [2.05, 4.69) is 0 Å². The fourth-order valence-electron chi connectivity index (χ4n) is 1.03. The first-order chi connectivity index (χ1) is 6.02. The van der Waals surface area contributed by atoms with Gasteiger partial charge in [0.25, 0.3) is 5.69 Å². The Morgan fingerprint density at radius 1 is 1.46 bits per heavy atom. The lowest BCUT2D eigenvalue weighted by atomic mass is 10.0. The molecule has 0 radical (unpaired) electrons. The van der Waals surface area contributed by atoms with Crippen LogP contribution in [-0.4, -0.2) is 4.92 Å². The van der Waals surface area contributed by atoms with Crippen molar-refractivity contribution in [1.82, 2.24) is 0 Å². The summed E-state index contributed by atoms with van der Waals surface area (Å²) in [6.07, 6.45) is 0. The van der Waals surface area contributed by atoms with Crippen LogP contribution < -0.4 is 0 Å². The monoisotopic (exact) mass is 199 g/mol. The van der Waals surface area contributed by atoms with Crippen LogP contribution in [0.4, 0.5) is 5.69 Å². The van der Waals surface area contributed by atoms with Crippen molar-refractivity contribution in [2.45, 2.75) is 19.8 Å². The van der Waals surface area contributed by atoms with Crippen molar-refractivity contribution in [1.29, 1.82) is 0 Å². The van der Waals surface area contributed by atoms with Gasteiger partial charge in [-0.05, 0) is 17.5 Å². The van der Waals surface area contributed by atoms with Crippen molar-refractivity contribution >= 4 is 17.3 Å². The maximum Gasteiger partial charge on any atom is 0.288 e. The van der Waals surface area contributed by atoms with E-state index in [1.54, 1.807) is 12.1 Å². The molecule has 0 N–H and O–H groups in total. The van der Waals surface area contributed by atoms with Crippen molar-refractivity contribution < 1.29 is 4.92 Å². The quantitative estimate of drug-likeness (QED) is 0.541. The van der Waals surface area contributed by atoms with Gasteiger partial charge >= 0.3 is 0 Å². The average Bonchev–Trinajstić information content (AvgIpc) is 2.04. The van der Waals surface area contributed by atoms with Gasteiger partial charge in [0.1, 0.15) is 5.02 Å². The lowest BCUT2D eigenvalue weighted by Crippen LogP contribution is -1.93. The van der Waals surface area contributed by atoms with Gasteiger partial charge in [-0.3, -0.25) is 10.1 Å². The van der Waals surface area contributed by atoms with E-state index >= 15 is 0 Å². The minimum atomic E-state index is -0.464. The molecule has 0 fully saturated rings. The number of benzene rings is 1. The van der Waals surface area contributed by atoms with Crippen molar-refractivity contribution in [3.8, 4) is 0 Å². The molecule has 0 amide bonds. The van der Waals surface area contributed by atoms with Crippen LogP contribution in [0.5, 0.6) is 0 Å². The molecular weight excluding hydrogens is 190 g/mol. The van der Waals surface area contributed by atoms with Crippen LogP contribution in [0.25, 0.3) is 0 Å². The molecule has 1 aromatic carbocycles. The maximum atomic E-state index is 10.5. The Kier molecular flexibility index (Phi) is 2.88. The van der Waals surface area contributed by atoms with E-state index in [1.165, 1.54) is 6.07 Å².